The van der Waals surface area contributed by atoms with Gasteiger partial charge >= 0.3 is 5.97 Å². The first-order chi connectivity index (χ1) is 10.5. The first-order valence-corrected chi connectivity index (χ1v) is 8.51. The van der Waals surface area contributed by atoms with Crippen LogP contribution in [-0.4, -0.2) is 23.9 Å². The van der Waals surface area contributed by atoms with Crippen molar-refractivity contribution in [2.45, 2.75) is 17.2 Å². The Morgan fingerprint density at radius 1 is 1.32 bits per heavy atom. The monoisotopic (exact) mass is 335 g/mol. The van der Waals surface area contributed by atoms with Crippen LogP contribution in [0.4, 0.5) is 0 Å². The van der Waals surface area contributed by atoms with Gasteiger partial charge in [-0.15, -0.1) is 11.8 Å². The van der Waals surface area contributed by atoms with E-state index in [1.807, 2.05) is 42.7 Å². The van der Waals surface area contributed by atoms with Gasteiger partial charge in [0.25, 0.3) is 0 Å². The summed E-state index contributed by atoms with van der Waals surface area (Å²) in [6.07, 6.45) is 2.04. The molecule has 0 aliphatic rings. The molecular weight excluding hydrogens is 318 g/mol. The molecule has 0 fully saturated rings. The third kappa shape index (κ3) is 4.03. The minimum Gasteiger partial charge on any atom is -0.481 e. The van der Waals surface area contributed by atoms with Crippen LogP contribution >= 0.6 is 23.4 Å². The standard InChI is InChI=1S/C17H18ClNO2S/c1-22-14-4-2-3-12(7-14)15-8-11(5-6-16(15)18)13(10-19)9-17(20)21/h2-8,13H,9-10,19H2,1H3,(H,20,21)/t13-/m0/s1. The fourth-order valence-electron chi connectivity index (χ4n) is 2.36. The van der Waals surface area contributed by atoms with Crippen molar-refractivity contribution < 1.29 is 9.90 Å². The van der Waals surface area contributed by atoms with E-state index in [4.69, 9.17) is 22.4 Å². The molecule has 0 saturated heterocycles. The van der Waals surface area contributed by atoms with Gasteiger partial charge in [0, 0.05) is 21.4 Å². The summed E-state index contributed by atoms with van der Waals surface area (Å²) in [6, 6.07) is 13.7. The molecule has 2 rings (SSSR count). The van der Waals surface area contributed by atoms with E-state index in [-0.39, 0.29) is 18.9 Å². The fraction of sp³-hybridized carbons (Fsp3) is 0.235. The Bertz CT molecular complexity index is 675. The number of hydrogen-bond donors (Lipinski definition) is 2. The number of carbonyl (C=O) groups is 1. The number of hydrogen-bond acceptors (Lipinski definition) is 3. The molecule has 0 heterocycles. The van der Waals surface area contributed by atoms with E-state index in [1.54, 1.807) is 11.8 Å². The van der Waals surface area contributed by atoms with Crippen molar-refractivity contribution in [1.82, 2.24) is 0 Å². The molecule has 0 bridgehead atoms. The molecule has 1 atom stereocenters. The maximum Gasteiger partial charge on any atom is 0.304 e. The second-order valence-corrected chi connectivity index (χ2v) is 6.29. The molecule has 0 spiro atoms. The summed E-state index contributed by atoms with van der Waals surface area (Å²) in [7, 11) is 0. The smallest absolute Gasteiger partial charge is 0.304 e. The maximum atomic E-state index is 11.0. The molecule has 2 aromatic carbocycles. The molecule has 116 valence electrons. The van der Waals surface area contributed by atoms with Crippen LogP contribution in [0.2, 0.25) is 5.02 Å². The zero-order valence-corrected chi connectivity index (χ0v) is 13.8. The number of benzene rings is 2. The van der Waals surface area contributed by atoms with Crippen molar-refractivity contribution >= 4 is 29.3 Å². The van der Waals surface area contributed by atoms with E-state index in [1.165, 1.54) is 0 Å². The second kappa shape index (κ2) is 7.68. The van der Waals surface area contributed by atoms with Gasteiger partial charge in [-0.2, -0.15) is 0 Å². The average Bonchev–Trinajstić information content (AvgIpc) is 2.53. The summed E-state index contributed by atoms with van der Waals surface area (Å²) in [6.45, 7) is 0.290. The molecule has 0 aromatic heterocycles. The summed E-state index contributed by atoms with van der Waals surface area (Å²) >= 11 is 7.99. The molecule has 5 heteroatoms. The van der Waals surface area contributed by atoms with Gasteiger partial charge in [-0.05, 0) is 48.2 Å². The third-order valence-electron chi connectivity index (χ3n) is 3.55. The Labute approximate surface area is 139 Å². The van der Waals surface area contributed by atoms with E-state index in [2.05, 4.69) is 6.07 Å². The Kier molecular flexibility index (Phi) is 5.89. The van der Waals surface area contributed by atoms with Gasteiger partial charge in [-0.1, -0.05) is 29.8 Å². The molecule has 2 aromatic rings. The molecular formula is C17H18ClNO2S. The molecule has 0 aliphatic carbocycles. The van der Waals surface area contributed by atoms with Crippen LogP contribution in [0.5, 0.6) is 0 Å². The Morgan fingerprint density at radius 3 is 2.73 bits per heavy atom. The number of aliphatic carboxylic acids is 1. The highest BCUT2D eigenvalue weighted by Crippen LogP contribution is 2.33. The topological polar surface area (TPSA) is 63.3 Å². The van der Waals surface area contributed by atoms with Crippen LogP contribution in [0.25, 0.3) is 11.1 Å². The van der Waals surface area contributed by atoms with Crippen molar-refractivity contribution in [3.8, 4) is 11.1 Å². The highest BCUT2D eigenvalue weighted by Gasteiger charge is 2.16. The van der Waals surface area contributed by atoms with Crippen molar-refractivity contribution in [2.75, 3.05) is 12.8 Å². The van der Waals surface area contributed by atoms with E-state index >= 15 is 0 Å². The number of halogens is 1. The molecule has 0 amide bonds. The van der Waals surface area contributed by atoms with Gasteiger partial charge in [0.05, 0.1) is 6.42 Å². The van der Waals surface area contributed by atoms with Crippen molar-refractivity contribution in [2.24, 2.45) is 5.73 Å². The molecule has 0 unspecified atom stereocenters. The lowest BCUT2D eigenvalue weighted by Gasteiger charge is -2.15. The largest absolute Gasteiger partial charge is 0.481 e. The normalized spacial score (nSPS) is 12.1. The second-order valence-electron chi connectivity index (χ2n) is 5.00. The van der Waals surface area contributed by atoms with Crippen LogP contribution < -0.4 is 5.73 Å². The van der Waals surface area contributed by atoms with E-state index in [0.29, 0.717) is 5.02 Å². The number of thioether (sulfide) groups is 1. The number of carboxylic acids is 1. The van der Waals surface area contributed by atoms with E-state index in [9.17, 15) is 4.79 Å². The van der Waals surface area contributed by atoms with Gasteiger partial charge in [0.15, 0.2) is 0 Å². The fourth-order valence-corrected chi connectivity index (χ4v) is 3.04. The van der Waals surface area contributed by atoms with Gasteiger partial charge in [0.1, 0.15) is 0 Å². The van der Waals surface area contributed by atoms with Gasteiger partial charge in [-0.25, -0.2) is 0 Å². The quantitative estimate of drug-likeness (QED) is 0.775. The number of carboxylic acid groups (broad SMARTS) is 1. The summed E-state index contributed by atoms with van der Waals surface area (Å²) in [5.74, 6) is -1.06. The maximum absolute atomic E-state index is 11.0. The number of nitrogens with two attached hydrogens (primary N) is 1. The molecule has 0 saturated carbocycles. The summed E-state index contributed by atoms with van der Waals surface area (Å²) in [5.41, 5.74) is 8.55. The van der Waals surface area contributed by atoms with Gasteiger partial charge < -0.3 is 10.8 Å². The molecule has 3 N–H and O–H groups in total. The first-order valence-electron chi connectivity index (χ1n) is 6.91. The van der Waals surface area contributed by atoms with Crippen LogP contribution in [0.15, 0.2) is 47.4 Å². The van der Waals surface area contributed by atoms with Crippen LogP contribution in [0, 0.1) is 0 Å². The van der Waals surface area contributed by atoms with Crippen LogP contribution in [-0.2, 0) is 4.79 Å². The van der Waals surface area contributed by atoms with Crippen molar-refractivity contribution in [3.05, 3.63) is 53.1 Å². The Balaban J connectivity index is 2.43. The Hall–Kier alpha value is -1.49. The minimum absolute atomic E-state index is 0.0163. The van der Waals surface area contributed by atoms with Crippen molar-refractivity contribution in [3.63, 3.8) is 0 Å². The van der Waals surface area contributed by atoms with E-state index < -0.39 is 5.97 Å². The predicted octanol–water partition coefficient (Wildman–Crippen LogP) is 4.25. The highest BCUT2D eigenvalue weighted by molar-refractivity contribution is 7.98. The predicted molar refractivity (Wildman–Crippen MR) is 92.7 cm³/mol. The van der Waals surface area contributed by atoms with E-state index in [0.717, 1.165) is 21.6 Å². The zero-order chi connectivity index (χ0) is 16.1. The highest BCUT2D eigenvalue weighted by atomic mass is 35.5. The summed E-state index contributed by atoms with van der Waals surface area (Å²) in [5, 5.41) is 9.65. The lowest BCUT2D eigenvalue weighted by atomic mass is 9.92. The average molecular weight is 336 g/mol. The lowest BCUT2D eigenvalue weighted by molar-refractivity contribution is -0.137. The first kappa shape index (κ1) is 16.9. The summed E-state index contributed by atoms with van der Waals surface area (Å²) < 4.78 is 0. The molecule has 3 nitrogen and oxygen atoms in total. The van der Waals surface area contributed by atoms with Gasteiger partial charge in [0.2, 0.25) is 0 Å². The van der Waals surface area contributed by atoms with Gasteiger partial charge in [-0.3, -0.25) is 4.79 Å². The van der Waals surface area contributed by atoms with Crippen LogP contribution in [0.1, 0.15) is 17.9 Å². The lowest BCUT2D eigenvalue weighted by Crippen LogP contribution is -2.16. The third-order valence-corrected chi connectivity index (χ3v) is 4.60. The summed E-state index contributed by atoms with van der Waals surface area (Å²) in [4.78, 5) is 12.1. The molecule has 22 heavy (non-hydrogen) atoms. The Morgan fingerprint density at radius 2 is 2.09 bits per heavy atom. The number of rotatable bonds is 6. The minimum atomic E-state index is -0.851. The molecule has 0 radical (unpaired) electrons. The zero-order valence-electron chi connectivity index (χ0n) is 12.3. The molecule has 0 aliphatic heterocycles. The van der Waals surface area contributed by atoms with Crippen LogP contribution in [0.3, 0.4) is 0 Å². The van der Waals surface area contributed by atoms with Crippen molar-refractivity contribution in [1.29, 1.82) is 0 Å². The SMILES string of the molecule is CSc1cccc(-c2cc([C@H](CN)CC(=O)O)ccc2Cl)c1.